The van der Waals surface area contributed by atoms with E-state index in [1.165, 1.54) is 6.42 Å². The van der Waals surface area contributed by atoms with Gasteiger partial charge in [-0.2, -0.15) is 0 Å². The quantitative estimate of drug-likeness (QED) is 0.883. The predicted octanol–water partition coefficient (Wildman–Crippen LogP) is 2.26. The zero-order valence-electron chi connectivity index (χ0n) is 10.7. The van der Waals surface area contributed by atoms with Gasteiger partial charge in [-0.3, -0.25) is 4.79 Å². The largest absolute Gasteiger partial charge is 0.350 e. The number of nitrogens with one attached hydrogen (secondary N) is 2. The van der Waals surface area contributed by atoms with Gasteiger partial charge >= 0.3 is 0 Å². The Balaban J connectivity index is 0.00000162. The van der Waals surface area contributed by atoms with Gasteiger partial charge in [-0.05, 0) is 38.3 Å². The van der Waals surface area contributed by atoms with Crippen LogP contribution in [0, 0.1) is 0 Å². The molecule has 0 aliphatic carbocycles. The molecule has 0 spiro atoms. The third-order valence-corrected chi connectivity index (χ3v) is 3.42. The first-order chi connectivity index (χ1) is 8.21. The van der Waals surface area contributed by atoms with E-state index in [1.54, 1.807) is 0 Å². The van der Waals surface area contributed by atoms with Crippen molar-refractivity contribution >= 4 is 18.3 Å². The van der Waals surface area contributed by atoms with E-state index in [0.29, 0.717) is 6.54 Å². The molecule has 1 aromatic rings. The lowest BCUT2D eigenvalue weighted by Gasteiger charge is -2.33. The van der Waals surface area contributed by atoms with Gasteiger partial charge < -0.3 is 10.6 Å². The minimum atomic E-state index is -0.382. The van der Waals surface area contributed by atoms with E-state index in [1.807, 2.05) is 37.3 Å². The van der Waals surface area contributed by atoms with Gasteiger partial charge in [0, 0.05) is 6.54 Å². The minimum absolute atomic E-state index is 0. The Kier molecular flexibility index (Phi) is 5.63. The van der Waals surface area contributed by atoms with Crippen LogP contribution in [0.15, 0.2) is 30.3 Å². The van der Waals surface area contributed by atoms with Crippen molar-refractivity contribution in [1.82, 2.24) is 10.6 Å². The first-order valence-electron chi connectivity index (χ1n) is 6.28. The average Bonchev–Trinajstić information content (AvgIpc) is 2.38. The molecule has 1 aliphatic heterocycles. The van der Waals surface area contributed by atoms with Crippen LogP contribution in [0.5, 0.6) is 0 Å². The van der Waals surface area contributed by atoms with Crippen molar-refractivity contribution in [2.75, 3.05) is 6.54 Å². The highest BCUT2D eigenvalue weighted by Gasteiger charge is 2.33. The van der Waals surface area contributed by atoms with E-state index in [4.69, 9.17) is 0 Å². The van der Waals surface area contributed by atoms with E-state index >= 15 is 0 Å². The second-order valence-corrected chi connectivity index (χ2v) is 4.88. The molecule has 100 valence electrons. The number of hydrogen-bond donors (Lipinski definition) is 2. The molecule has 1 amide bonds. The highest BCUT2D eigenvalue weighted by molar-refractivity contribution is 5.86. The summed E-state index contributed by atoms with van der Waals surface area (Å²) in [4.78, 5) is 12.1. The van der Waals surface area contributed by atoms with Gasteiger partial charge in [-0.15, -0.1) is 12.4 Å². The number of amides is 1. The summed E-state index contributed by atoms with van der Waals surface area (Å²) in [5.74, 6) is 0.112. The Morgan fingerprint density at radius 1 is 1.33 bits per heavy atom. The molecule has 0 bridgehead atoms. The normalized spacial score (nSPS) is 22.9. The lowest BCUT2D eigenvalue weighted by Crippen LogP contribution is -2.56. The molecular formula is C14H21ClN2O. The van der Waals surface area contributed by atoms with Crippen LogP contribution in [0.2, 0.25) is 0 Å². The van der Waals surface area contributed by atoms with Gasteiger partial charge in [0.2, 0.25) is 5.91 Å². The van der Waals surface area contributed by atoms with E-state index < -0.39 is 0 Å². The molecule has 0 radical (unpaired) electrons. The van der Waals surface area contributed by atoms with Crippen LogP contribution < -0.4 is 10.6 Å². The van der Waals surface area contributed by atoms with Gasteiger partial charge in [0.25, 0.3) is 0 Å². The average molecular weight is 269 g/mol. The number of hydrogen-bond acceptors (Lipinski definition) is 2. The standard InChI is InChI=1S/C14H20N2O.ClH/c1-14(9-5-6-10-16-14)13(17)15-11-12-7-3-2-4-8-12;/h2-4,7-8,16H,5-6,9-11H2,1H3,(H,15,17);1H. The molecule has 1 atom stereocenters. The zero-order valence-corrected chi connectivity index (χ0v) is 11.6. The Morgan fingerprint density at radius 2 is 2.06 bits per heavy atom. The van der Waals surface area contributed by atoms with Gasteiger partial charge in [0.05, 0.1) is 5.54 Å². The molecule has 1 fully saturated rings. The number of piperidine rings is 1. The highest BCUT2D eigenvalue weighted by atomic mass is 35.5. The van der Waals surface area contributed by atoms with Gasteiger partial charge in [0.15, 0.2) is 0 Å². The Bertz CT molecular complexity index is 375. The molecule has 1 unspecified atom stereocenters. The summed E-state index contributed by atoms with van der Waals surface area (Å²) < 4.78 is 0. The van der Waals surface area contributed by atoms with E-state index in [0.717, 1.165) is 24.9 Å². The lowest BCUT2D eigenvalue weighted by molar-refractivity contribution is -0.128. The summed E-state index contributed by atoms with van der Waals surface area (Å²) >= 11 is 0. The molecule has 18 heavy (non-hydrogen) atoms. The molecule has 3 nitrogen and oxygen atoms in total. The number of rotatable bonds is 3. The van der Waals surface area contributed by atoms with Crippen molar-refractivity contribution in [3.05, 3.63) is 35.9 Å². The second kappa shape index (κ2) is 6.76. The van der Waals surface area contributed by atoms with E-state index in [2.05, 4.69) is 10.6 Å². The molecule has 0 saturated carbocycles. The SMILES string of the molecule is CC1(C(=O)NCc2ccccc2)CCCCN1.Cl. The number of benzene rings is 1. The van der Waals surface area contributed by atoms with Crippen LogP contribution in [0.3, 0.4) is 0 Å². The van der Waals surface area contributed by atoms with Crippen molar-refractivity contribution in [1.29, 1.82) is 0 Å². The molecular weight excluding hydrogens is 248 g/mol. The summed E-state index contributed by atoms with van der Waals surface area (Å²) in [5.41, 5.74) is 0.757. The van der Waals surface area contributed by atoms with Crippen LogP contribution in [0.1, 0.15) is 31.7 Å². The summed E-state index contributed by atoms with van der Waals surface area (Å²) in [6, 6.07) is 10.0. The van der Waals surface area contributed by atoms with Crippen LogP contribution in [0.25, 0.3) is 0 Å². The third-order valence-electron chi connectivity index (χ3n) is 3.42. The number of halogens is 1. The highest BCUT2D eigenvalue weighted by Crippen LogP contribution is 2.18. The Labute approximate surface area is 115 Å². The smallest absolute Gasteiger partial charge is 0.240 e. The van der Waals surface area contributed by atoms with Crippen molar-refractivity contribution in [3.63, 3.8) is 0 Å². The summed E-state index contributed by atoms with van der Waals surface area (Å²) in [5, 5.41) is 6.33. The second-order valence-electron chi connectivity index (χ2n) is 4.88. The fraction of sp³-hybridized carbons (Fsp3) is 0.500. The van der Waals surface area contributed by atoms with Crippen LogP contribution >= 0.6 is 12.4 Å². The van der Waals surface area contributed by atoms with Crippen molar-refractivity contribution in [3.8, 4) is 0 Å². The molecule has 0 aromatic heterocycles. The Hall–Kier alpha value is -1.06. The first-order valence-corrected chi connectivity index (χ1v) is 6.28. The molecule has 2 rings (SSSR count). The molecule has 1 aromatic carbocycles. The maximum absolute atomic E-state index is 12.1. The minimum Gasteiger partial charge on any atom is -0.350 e. The lowest BCUT2D eigenvalue weighted by atomic mass is 9.90. The third kappa shape index (κ3) is 3.72. The van der Waals surface area contributed by atoms with Crippen LogP contribution in [-0.4, -0.2) is 18.0 Å². The van der Waals surface area contributed by atoms with Crippen LogP contribution in [0.4, 0.5) is 0 Å². The maximum atomic E-state index is 12.1. The monoisotopic (exact) mass is 268 g/mol. The van der Waals surface area contributed by atoms with E-state index in [9.17, 15) is 4.79 Å². The predicted molar refractivity (Wildman–Crippen MR) is 75.8 cm³/mol. The number of carbonyl (C=O) groups excluding carboxylic acids is 1. The van der Waals surface area contributed by atoms with Gasteiger partial charge in [0.1, 0.15) is 0 Å². The van der Waals surface area contributed by atoms with E-state index in [-0.39, 0.29) is 23.9 Å². The summed E-state index contributed by atoms with van der Waals surface area (Å²) in [7, 11) is 0. The van der Waals surface area contributed by atoms with Gasteiger partial charge in [-0.1, -0.05) is 30.3 Å². The Morgan fingerprint density at radius 3 is 2.67 bits per heavy atom. The molecule has 4 heteroatoms. The fourth-order valence-electron chi connectivity index (χ4n) is 2.22. The molecule has 1 saturated heterocycles. The molecule has 2 N–H and O–H groups in total. The molecule has 1 aliphatic rings. The fourth-order valence-corrected chi connectivity index (χ4v) is 2.22. The number of carbonyl (C=O) groups is 1. The summed E-state index contributed by atoms with van der Waals surface area (Å²) in [6.07, 6.45) is 3.22. The van der Waals surface area contributed by atoms with Crippen molar-refractivity contribution in [2.24, 2.45) is 0 Å². The van der Waals surface area contributed by atoms with Crippen molar-refractivity contribution in [2.45, 2.75) is 38.3 Å². The topological polar surface area (TPSA) is 41.1 Å². The van der Waals surface area contributed by atoms with Crippen LogP contribution in [-0.2, 0) is 11.3 Å². The zero-order chi connectivity index (χ0) is 12.1. The summed E-state index contributed by atoms with van der Waals surface area (Å²) in [6.45, 7) is 3.54. The first kappa shape index (κ1) is 15.0. The van der Waals surface area contributed by atoms with Gasteiger partial charge in [-0.25, -0.2) is 0 Å². The molecule has 1 heterocycles. The van der Waals surface area contributed by atoms with Crippen molar-refractivity contribution < 1.29 is 4.79 Å². The maximum Gasteiger partial charge on any atom is 0.240 e.